The van der Waals surface area contributed by atoms with Gasteiger partial charge in [0.15, 0.2) is 0 Å². The maximum absolute atomic E-state index is 9.04. The van der Waals surface area contributed by atoms with Crippen molar-refractivity contribution in [3.63, 3.8) is 0 Å². The van der Waals surface area contributed by atoms with Gasteiger partial charge in [-0.3, -0.25) is 0 Å². The van der Waals surface area contributed by atoms with Crippen molar-refractivity contribution in [3.05, 3.63) is 36.4 Å². The molecule has 0 spiro atoms. The van der Waals surface area contributed by atoms with Crippen molar-refractivity contribution in [1.29, 1.82) is 0 Å². The van der Waals surface area contributed by atoms with Crippen LogP contribution in [0.5, 0.6) is 5.75 Å². The minimum Gasteiger partial charge on any atom is -0.493 e. The van der Waals surface area contributed by atoms with Crippen LogP contribution in [0.15, 0.2) is 30.9 Å². The molecule has 1 aromatic rings. The Hall–Kier alpha value is -1.26. The van der Waals surface area contributed by atoms with E-state index in [0.717, 1.165) is 37.0 Å². The molecule has 0 heterocycles. The van der Waals surface area contributed by atoms with Crippen LogP contribution in [0, 0.1) is 6.92 Å². The van der Waals surface area contributed by atoms with Crippen LogP contribution in [0.2, 0.25) is 0 Å². The molecule has 0 unspecified atom stereocenters. The summed E-state index contributed by atoms with van der Waals surface area (Å²) < 4.78 is 5.66. The number of unbranched alkanes of at least 4 members (excludes halogenated alkanes) is 3. The first kappa shape index (κ1) is 14.8. The maximum Gasteiger partial charge on any atom is 0.488 e. The van der Waals surface area contributed by atoms with Crippen LogP contribution in [0.25, 0.3) is 0 Å². The topological polar surface area (TPSA) is 49.7 Å². The fourth-order valence-corrected chi connectivity index (χ4v) is 1.74. The Morgan fingerprint density at radius 1 is 1.28 bits per heavy atom. The van der Waals surface area contributed by atoms with E-state index in [1.807, 2.05) is 13.0 Å². The van der Waals surface area contributed by atoms with Gasteiger partial charge in [0.05, 0.1) is 6.61 Å². The molecule has 98 valence electrons. The third-order valence-electron chi connectivity index (χ3n) is 2.81. The quantitative estimate of drug-likeness (QED) is 0.419. The molecule has 18 heavy (non-hydrogen) atoms. The van der Waals surface area contributed by atoms with E-state index in [0.29, 0.717) is 12.1 Å². The van der Waals surface area contributed by atoms with Crippen molar-refractivity contribution >= 4 is 12.6 Å². The fraction of sp³-hybridized carbons (Fsp3) is 0.429. The second-order valence-corrected chi connectivity index (χ2v) is 4.39. The van der Waals surface area contributed by atoms with E-state index in [4.69, 9.17) is 14.8 Å². The summed E-state index contributed by atoms with van der Waals surface area (Å²) >= 11 is 0. The zero-order valence-corrected chi connectivity index (χ0v) is 10.9. The third kappa shape index (κ3) is 4.94. The second kappa shape index (κ2) is 7.95. The number of ether oxygens (including phenoxy) is 1. The Morgan fingerprint density at radius 3 is 2.67 bits per heavy atom. The first-order chi connectivity index (χ1) is 8.65. The van der Waals surface area contributed by atoms with Crippen LogP contribution in [0.3, 0.4) is 0 Å². The highest BCUT2D eigenvalue weighted by molar-refractivity contribution is 6.58. The molecular weight excluding hydrogens is 227 g/mol. The minimum atomic E-state index is -1.42. The van der Waals surface area contributed by atoms with Gasteiger partial charge in [-0.1, -0.05) is 18.2 Å². The second-order valence-electron chi connectivity index (χ2n) is 4.39. The molecule has 0 fully saturated rings. The largest absolute Gasteiger partial charge is 0.493 e. The average molecular weight is 248 g/mol. The molecule has 0 saturated carbocycles. The highest BCUT2D eigenvalue weighted by Gasteiger charge is 2.12. The molecule has 0 bridgehead atoms. The Labute approximate surface area is 109 Å². The standard InChI is InChI=1S/C14H21BO3/c1-3-4-5-6-7-10-18-14-9-8-13(15(16)17)11-12(14)2/h3,8-9,11,16-17H,1,4-7,10H2,2H3. The first-order valence-electron chi connectivity index (χ1n) is 6.35. The molecule has 1 rings (SSSR count). The third-order valence-corrected chi connectivity index (χ3v) is 2.81. The minimum absolute atomic E-state index is 0.492. The van der Waals surface area contributed by atoms with Crippen LogP contribution in [-0.2, 0) is 0 Å². The average Bonchev–Trinajstić information content (AvgIpc) is 2.35. The highest BCUT2D eigenvalue weighted by Crippen LogP contribution is 2.16. The van der Waals surface area contributed by atoms with E-state index in [1.54, 1.807) is 18.2 Å². The van der Waals surface area contributed by atoms with Crippen LogP contribution >= 0.6 is 0 Å². The summed E-state index contributed by atoms with van der Waals surface area (Å²) in [6, 6.07) is 5.19. The summed E-state index contributed by atoms with van der Waals surface area (Å²) in [6.07, 6.45) is 6.31. The fourth-order valence-electron chi connectivity index (χ4n) is 1.74. The molecule has 0 amide bonds. The van der Waals surface area contributed by atoms with Crippen LogP contribution in [-0.4, -0.2) is 23.8 Å². The van der Waals surface area contributed by atoms with Gasteiger partial charge in [-0.25, -0.2) is 0 Å². The molecule has 3 nitrogen and oxygen atoms in total. The Balaban J connectivity index is 2.36. The zero-order chi connectivity index (χ0) is 13.4. The molecule has 0 aromatic heterocycles. The van der Waals surface area contributed by atoms with Gasteiger partial charge in [0.25, 0.3) is 0 Å². The number of hydrogen-bond acceptors (Lipinski definition) is 3. The summed E-state index contributed by atoms with van der Waals surface area (Å²) in [6.45, 7) is 6.28. The molecule has 4 heteroatoms. The molecule has 0 aliphatic heterocycles. The molecular formula is C14H21BO3. The lowest BCUT2D eigenvalue weighted by atomic mass is 9.79. The highest BCUT2D eigenvalue weighted by atomic mass is 16.5. The van der Waals surface area contributed by atoms with Gasteiger partial charge in [0.2, 0.25) is 0 Å². The summed E-state index contributed by atoms with van der Waals surface area (Å²) in [5.74, 6) is 0.808. The van der Waals surface area contributed by atoms with Crippen molar-refractivity contribution < 1.29 is 14.8 Å². The van der Waals surface area contributed by atoms with E-state index in [2.05, 4.69) is 6.58 Å². The van der Waals surface area contributed by atoms with Gasteiger partial charge in [-0.15, -0.1) is 6.58 Å². The zero-order valence-electron chi connectivity index (χ0n) is 10.9. The molecule has 0 aliphatic rings. The van der Waals surface area contributed by atoms with Gasteiger partial charge in [0, 0.05) is 0 Å². The summed E-state index contributed by atoms with van der Waals surface area (Å²) in [5.41, 5.74) is 1.41. The van der Waals surface area contributed by atoms with Crippen LogP contribution in [0.1, 0.15) is 31.2 Å². The van der Waals surface area contributed by atoms with E-state index >= 15 is 0 Å². The molecule has 0 saturated heterocycles. The van der Waals surface area contributed by atoms with Gasteiger partial charge in [-0.2, -0.15) is 0 Å². The van der Waals surface area contributed by atoms with E-state index in [1.165, 1.54) is 0 Å². The number of hydrogen-bond donors (Lipinski definition) is 2. The Kier molecular flexibility index (Phi) is 6.54. The molecule has 0 atom stereocenters. The lowest BCUT2D eigenvalue weighted by Gasteiger charge is -2.10. The monoisotopic (exact) mass is 248 g/mol. The summed E-state index contributed by atoms with van der Waals surface area (Å²) in [5, 5.41) is 18.1. The smallest absolute Gasteiger partial charge is 0.488 e. The normalized spacial score (nSPS) is 10.2. The summed E-state index contributed by atoms with van der Waals surface area (Å²) in [4.78, 5) is 0. The predicted octanol–water partition coefficient (Wildman–Crippen LogP) is 1.80. The van der Waals surface area contributed by atoms with Gasteiger partial charge in [-0.05, 0) is 49.7 Å². The first-order valence-corrected chi connectivity index (χ1v) is 6.35. The van der Waals surface area contributed by atoms with Crippen LogP contribution < -0.4 is 10.2 Å². The van der Waals surface area contributed by atoms with Crippen molar-refractivity contribution in [2.75, 3.05) is 6.61 Å². The lowest BCUT2D eigenvalue weighted by molar-refractivity contribution is 0.303. The van der Waals surface area contributed by atoms with Crippen molar-refractivity contribution in [3.8, 4) is 5.75 Å². The van der Waals surface area contributed by atoms with Gasteiger partial charge < -0.3 is 14.8 Å². The van der Waals surface area contributed by atoms with E-state index in [-0.39, 0.29) is 0 Å². The predicted molar refractivity (Wildman–Crippen MR) is 75.2 cm³/mol. The number of benzene rings is 1. The molecule has 0 radical (unpaired) electrons. The SMILES string of the molecule is C=CCCCCCOc1ccc(B(O)O)cc1C. The summed E-state index contributed by atoms with van der Waals surface area (Å²) in [7, 11) is -1.42. The van der Waals surface area contributed by atoms with Crippen LogP contribution in [0.4, 0.5) is 0 Å². The van der Waals surface area contributed by atoms with Gasteiger partial charge >= 0.3 is 7.12 Å². The van der Waals surface area contributed by atoms with E-state index < -0.39 is 7.12 Å². The Bertz CT molecular complexity index is 377. The van der Waals surface area contributed by atoms with Crippen molar-refractivity contribution in [2.45, 2.75) is 32.6 Å². The lowest BCUT2D eigenvalue weighted by Crippen LogP contribution is -2.29. The molecule has 1 aromatic carbocycles. The van der Waals surface area contributed by atoms with E-state index in [9.17, 15) is 0 Å². The Morgan fingerprint density at radius 2 is 2.06 bits per heavy atom. The maximum atomic E-state index is 9.04. The van der Waals surface area contributed by atoms with Gasteiger partial charge in [0.1, 0.15) is 5.75 Å². The molecule has 2 N–H and O–H groups in total. The number of allylic oxidation sites excluding steroid dienone is 1. The molecule has 0 aliphatic carbocycles. The van der Waals surface area contributed by atoms with Crippen molar-refractivity contribution in [2.24, 2.45) is 0 Å². The number of aryl methyl sites for hydroxylation is 1. The van der Waals surface area contributed by atoms with Crippen molar-refractivity contribution in [1.82, 2.24) is 0 Å². The number of rotatable bonds is 8.